The van der Waals surface area contributed by atoms with E-state index in [9.17, 15) is 17.2 Å². The van der Waals surface area contributed by atoms with Gasteiger partial charge in [-0.2, -0.15) is 0 Å². The Morgan fingerprint density at radius 3 is 2.67 bits per heavy atom. The summed E-state index contributed by atoms with van der Waals surface area (Å²) in [6, 6.07) is 1.82. The summed E-state index contributed by atoms with van der Waals surface area (Å²) < 4.78 is 51.5. The van der Waals surface area contributed by atoms with E-state index in [0.29, 0.717) is 24.6 Å². The van der Waals surface area contributed by atoms with Crippen LogP contribution in [0, 0.1) is 5.41 Å². The lowest BCUT2D eigenvalue weighted by atomic mass is 9.78. The van der Waals surface area contributed by atoms with Gasteiger partial charge in [-0.15, -0.1) is 0 Å². The second-order valence-electron chi connectivity index (χ2n) is 8.59. The maximum absolute atomic E-state index is 13.1. The zero-order valence-electron chi connectivity index (χ0n) is 18.4. The molecule has 2 fully saturated rings. The summed E-state index contributed by atoms with van der Waals surface area (Å²) in [4.78, 5) is 20.4. The lowest BCUT2D eigenvalue weighted by molar-refractivity contribution is 0.177. The standard InChI is InChI=1S/C21H27F2N7O2S/c1-24-13-17(28-12-8-25-16(14-28)19(22)23)20-26-7-3-18(27-20)29-9-4-21(15-29)5-10-30(11-6-21)33(2,31)32/h3,7-8,13-14,19H,1,4-6,9-12,15H2,2H3/b17-13-. The Hall–Kier alpha value is -2.73. The van der Waals surface area contributed by atoms with E-state index in [2.05, 4.69) is 26.6 Å². The van der Waals surface area contributed by atoms with Crippen LogP contribution in [0.3, 0.4) is 0 Å². The average Bonchev–Trinajstić information content (AvgIpc) is 3.20. The van der Waals surface area contributed by atoms with E-state index in [-0.39, 0.29) is 17.7 Å². The van der Waals surface area contributed by atoms with Crippen LogP contribution in [0.2, 0.25) is 0 Å². The minimum atomic E-state index is -3.17. The van der Waals surface area contributed by atoms with Crippen LogP contribution in [-0.2, 0) is 10.0 Å². The topological polar surface area (TPSA) is 94.4 Å². The Morgan fingerprint density at radius 2 is 2.00 bits per heavy atom. The smallest absolute Gasteiger partial charge is 0.281 e. The molecule has 0 bridgehead atoms. The SMILES string of the molecule is C=N/C=C(/c1nccc(N2CCC3(CCN(S(C)(=O)=O)CC3)C2)n1)N1C=C(C(F)F)N=CC1. The van der Waals surface area contributed by atoms with Crippen molar-refractivity contribution in [1.29, 1.82) is 0 Å². The summed E-state index contributed by atoms with van der Waals surface area (Å²) in [5.41, 5.74) is 0.173. The predicted molar refractivity (Wildman–Crippen MR) is 124 cm³/mol. The highest BCUT2D eigenvalue weighted by Gasteiger charge is 2.42. The molecule has 0 radical (unpaired) electrons. The van der Waals surface area contributed by atoms with Gasteiger partial charge in [0.1, 0.15) is 17.2 Å². The first-order chi connectivity index (χ1) is 15.7. The van der Waals surface area contributed by atoms with E-state index in [1.54, 1.807) is 15.4 Å². The molecule has 4 heterocycles. The second kappa shape index (κ2) is 9.26. The molecule has 0 saturated carbocycles. The Bertz CT molecular complexity index is 1100. The van der Waals surface area contributed by atoms with Crippen LogP contribution in [0.5, 0.6) is 0 Å². The van der Waals surface area contributed by atoms with Crippen LogP contribution >= 0.6 is 0 Å². The van der Waals surface area contributed by atoms with Gasteiger partial charge in [0.25, 0.3) is 6.43 Å². The third kappa shape index (κ3) is 5.11. The second-order valence-corrected chi connectivity index (χ2v) is 10.6. The van der Waals surface area contributed by atoms with E-state index in [4.69, 9.17) is 4.98 Å². The van der Waals surface area contributed by atoms with Gasteiger partial charge in [-0.25, -0.2) is 31.5 Å². The summed E-state index contributed by atoms with van der Waals surface area (Å²) >= 11 is 0. The van der Waals surface area contributed by atoms with E-state index >= 15 is 0 Å². The van der Waals surface area contributed by atoms with Crippen LogP contribution < -0.4 is 4.90 Å². The Kier molecular flexibility index (Phi) is 6.57. The third-order valence-corrected chi connectivity index (χ3v) is 7.74. The normalized spacial score (nSPS) is 21.7. The summed E-state index contributed by atoms with van der Waals surface area (Å²) in [6.07, 6.45) is 6.93. The Balaban J connectivity index is 1.52. The largest absolute Gasteiger partial charge is 0.356 e. The number of piperidine rings is 1. The number of anilines is 1. The van der Waals surface area contributed by atoms with Crippen molar-refractivity contribution < 1.29 is 17.2 Å². The van der Waals surface area contributed by atoms with E-state index in [1.165, 1.54) is 24.9 Å². The summed E-state index contributed by atoms with van der Waals surface area (Å²) in [5, 5.41) is 0. The predicted octanol–water partition coefficient (Wildman–Crippen LogP) is 2.22. The zero-order chi connectivity index (χ0) is 23.6. The molecule has 0 atom stereocenters. The molecule has 3 aliphatic heterocycles. The minimum absolute atomic E-state index is 0.0614. The molecule has 1 spiro atoms. The third-order valence-electron chi connectivity index (χ3n) is 6.44. The van der Waals surface area contributed by atoms with Gasteiger partial charge in [-0.05, 0) is 37.5 Å². The number of nitrogens with zero attached hydrogens (tertiary/aromatic N) is 7. The first kappa shape index (κ1) is 23.4. The average molecular weight is 480 g/mol. The lowest BCUT2D eigenvalue weighted by Crippen LogP contribution is -2.43. The molecule has 1 aromatic heterocycles. The molecule has 178 valence electrons. The van der Waals surface area contributed by atoms with Crippen LogP contribution in [0.15, 0.2) is 40.3 Å². The molecule has 0 aliphatic carbocycles. The lowest BCUT2D eigenvalue weighted by Gasteiger charge is -2.38. The van der Waals surface area contributed by atoms with Gasteiger partial charge in [0.05, 0.1) is 19.0 Å². The van der Waals surface area contributed by atoms with Gasteiger partial charge in [0, 0.05) is 44.8 Å². The molecule has 0 aromatic carbocycles. The van der Waals surface area contributed by atoms with Crippen LogP contribution in [0.4, 0.5) is 14.6 Å². The number of aliphatic imine (C=N–C) groups is 2. The molecule has 12 heteroatoms. The molecular formula is C21H27F2N7O2S. The number of rotatable bonds is 6. The number of hydrogen-bond donors (Lipinski definition) is 0. The van der Waals surface area contributed by atoms with Gasteiger partial charge < -0.3 is 9.80 Å². The van der Waals surface area contributed by atoms with Crippen molar-refractivity contribution in [3.8, 4) is 0 Å². The molecule has 33 heavy (non-hydrogen) atoms. The minimum Gasteiger partial charge on any atom is -0.356 e. The van der Waals surface area contributed by atoms with Crippen molar-refractivity contribution in [2.75, 3.05) is 43.9 Å². The molecule has 0 amide bonds. The van der Waals surface area contributed by atoms with Gasteiger partial charge in [0.2, 0.25) is 10.0 Å². The number of sulfonamides is 1. The van der Waals surface area contributed by atoms with Crippen molar-refractivity contribution in [2.24, 2.45) is 15.4 Å². The van der Waals surface area contributed by atoms with Crippen molar-refractivity contribution in [1.82, 2.24) is 19.2 Å². The van der Waals surface area contributed by atoms with E-state index in [1.807, 2.05) is 6.07 Å². The number of halogens is 2. The molecule has 1 aromatic rings. The molecular weight excluding hydrogens is 452 g/mol. The fraction of sp³-hybridized carbons (Fsp3) is 0.524. The first-order valence-corrected chi connectivity index (χ1v) is 12.5. The van der Waals surface area contributed by atoms with Gasteiger partial charge >= 0.3 is 0 Å². The molecule has 3 aliphatic rings. The zero-order valence-corrected chi connectivity index (χ0v) is 19.3. The number of allylic oxidation sites excluding steroid dienone is 1. The number of aromatic nitrogens is 2. The van der Waals surface area contributed by atoms with Gasteiger partial charge in [-0.1, -0.05) is 0 Å². The summed E-state index contributed by atoms with van der Waals surface area (Å²) in [7, 11) is -3.17. The Labute approximate surface area is 192 Å². The van der Waals surface area contributed by atoms with Gasteiger partial charge in [0.15, 0.2) is 5.82 Å². The van der Waals surface area contributed by atoms with Crippen LogP contribution in [-0.4, -0.2) is 85.9 Å². The molecule has 4 rings (SSSR count). The highest BCUT2D eigenvalue weighted by molar-refractivity contribution is 7.88. The number of hydrogen-bond acceptors (Lipinski definition) is 8. The fourth-order valence-electron chi connectivity index (χ4n) is 4.59. The quantitative estimate of drug-likeness (QED) is 0.581. The molecule has 2 saturated heterocycles. The van der Waals surface area contributed by atoms with Crippen molar-refractivity contribution in [3.63, 3.8) is 0 Å². The Morgan fingerprint density at radius 1 is 1.27 bits per heavy atom. The molecule has 9 nitrogen and oxygen atoms in total. The maximum atomic E-state index is 13.1. The maximum Gasteiger partial charge on any atom is 0.281 e. The summed E-state index contributed by atoms with van der Waals surface area (Å²) in [6.45, 7) is 6.44. The van der Waals surface area contributed by atoms with Crippen molar-refractivity contribution in [3.05, 3.63) is 36.2 Å². The molecule has 0 unspecified atom stereocenters. The van der Waals surface area contributed by atoms with Crippen molar-refractivity contribution in [2.45, 2.75) is 25.7 Å². The van der Waals surface area contributed by atoms with Crippen LogP contribution in [0.25, 0.3) is 5.70 Å². The fourth-order valence-corrected chi connectivity index (χ4v) is 5.43. The highest BCUT2D eigenvalue weighted by atomic mass is 32.2. The van der Waals surface area contributed by atoms with Crippen LogP contribution in [0.1, 0.15) is 25.1 Å². The molecule has 0 N–H and O–H groups in total. The van der Waals surface area contributed by atoms with E-state index in [0.717, 1.165) is 38.2 Å². The summed E-state index contributed by atoms with van der Waals surface area (Å²) in [5.74, 6) is 1.09. The van der Waals surface area contributed by atoms with Gasteiger partial charge in [-0.3, -0.25) is 9.98 Å². The van der Waals surface area contributed by atoms with E-state index < -0.39 is 16.4 Å². The first-order valence-electron chi connectivity index (χ1n) is 10.7. The number of alkyl halides is 2. The highest BCUT2D eigenvalue weighted by Crippen LogP contribution is 2.42. The monoisotopic (exact) mass is 479 g/mol. The van der Waals surface area contributed by atoms with Crippen molar-refractivity contribution >= 4 is 34.5 Å².